The number of benzene rings is 2. The third-order valence-corrected chi connectivity index (χ3v) is 6.17. The number of hydrogen-bond donors (Lipinski definition) is 1. The molecule has 0 bridgehead atoms. The van der Waals surface area contributed by atoms with Crippen molar-refractivity contribution >= 4 is 32.6 Å². The highest BCUT2D eigenvalue weighted by molar-refractivity contribution is 7.22. The molecule has 7 nitrogen and oxygen atoms in total. The van der Waals surface area contributed by atoms with Crippen LogP contribution in [0.25, 0.3) is 10.2 Å². The van der Waals surface area contributed by atoms with E-state index in [0.717, 1.165) is 53.8 Å². The Morgan fingerprint density at radius 2 is 1.90 bits per heavy atom. The van der Waals surface area contributed by atoms with Crippen molar-refractivity contribution in [1.29, 1.82) is 0 Å². The summed E-state index contributed by atoms with van der Waals surface area (Å²) < 4.78 is 11.9. The Morgan fingerprint density at radius 1 is 1.10 bits per heavy atom. The van der Waals surface area contributed by atoms with Crippen LogP contribution in [-0.2, 0) is 4.79 Å². The van der Waals surface area contributed by atoms with E-state index in [1.807, 2.05) is 48.5 Å². The summed E-state index contributed by atoms with van der Waals surface area (Å²) in [5.41, 5.74) is 1.01. The van der Waals surface area contributed by atoms with Crippen molar-refractivity contribution in [2.75, 3.05) is 57.9 Å². The van der Waals surface area contributed by atoms with E-state index in [1.54, 1.807) is 18.4 Å². The summed E-state index contributed by atoms with van der Waals surface area (Å²) >= 11 is 1.71. The Morgan fingerprint density at radius 3 is 2.67 bits per heavy atom. The van der Waals surface area contributed by atoms with Gasteiger partial charge in [0.1, 0.15) is 11.5 Å². The highest BCUT2D eigenvalue weighted by Gasteiger charge is 2.20. The molecular formula is C22H26N4O3S. The second kappa shape index (κ2) is 9.77. The molecule has 0 unspecified atom stereocenters. The zero-order valence-corrected chi connectivity index (χ0v) is 17.9. The molecule has 1 amide bonds. The molecule has 1 aliphatic rings. The van der Waals surface area contributed by atoms with Gasteiger partial charge in [-0.15, -0.1) is 0 Å². The fourth-order valence-corrected chi connectivity index (χ4v) is 4.43. The molecule has 1 saturated heterocycles. The second-order valence-electron chi connectivity index (χ2n) is 7.11. The van der Waals surface area contributed by atoms with Crippen LogP contribution in [0.2, 0.25) is 0 Å². The maximum absolute atomic E-state index is 11.9. The van der Waals surface area contributed by atoms with Gasteiger partial charge in [0.25, 0.3) is 5.91 Å². The van der Waals surface area contributed by atoms with Gasteiger partial charge in [0.15, 0.2) is 11.7 Å². The van der Waals surface area contributed by atoms with E-state index in [1.165, 1.54) is 0 Å². The maximum atomic E-state index is 11.9. The third kappa shape index (κ3) is 5.20. The number of thiazole rings is 1. The molecule has 2 aromatic carbocycles. The molecule has 0 saturated carbocycles. The van der Waals surface area contributed by atoms with Crippen LogP contribution in [0.4, 0.5) is 5.13 Å². The maximum Gasteiger partial charge on any atom is 0.257 e. The number of piperazine rings is 1. The first-order chi connectivity index (χ1) is 14.7. The van der Waals surface area contributed by atoms with Crippen LogP contribution in [0.1, 0.15) is 0 Å². The zero-order chi connectivity index (χ0) is 20.8. The molecule has 1 fully saturated rings. The van der Waals surface area contributed by atoms with Crippen LogP contribution in [0.15, 0.2) is 48.5 Å². The molecule has 3 aromatic rings. The van der Waals surface area contributed by atoms with Gasteiger partial charge >= 0.3 is 0 Å². The van der Waals surface area contributed by atoms with Gasteiger partial charge in [-0.1, -0.05) is 29.5 Å². The Balaban J connectivity index is 1.18. The zero-order valence-electron chi connectivity index (χ0n) is 17.0. The van der Waals surface area contributed by atoms with E-state index in [4.69, 9.17) is 14.5 Å². The van der Waals surface area contributed by atoms with E-state index in [-0.39, 0.29) is 12.5 Å². The average Bonchev–Trinajstić information content (AvgIpc) is 3.22. The topological polar surface area (TPSA) is 66.9 Å². The van der Waals surface area contributed by atoms with Gasteiger partial charge in [-0.3, -0.25) is 9.69 Å². The fourth-order valence-electron chi connectivity index (χ4n) is 3.39. The third-order valence-electron chi connectivity index (χ3n) is 5.09. The fraction of sp³-hybridized carbons (Fsp3) is 0.364. The second-order valence-corrected chi connectivity index (χ2v) is 8.12. The lowest BCUT2D eigenvalue weighted by molar-refractivity contribution is -0.123. The number of carbonyl (C=O) groups is 1. The lowest BCUT2D eigenvalue weighted by Crippen LogP contribution is -2.48. The molecule has 4 rings (SSSR count). The minimum Gasteiger partial charge on any atom is -0.497 e. The standard InChI is InChI=1S/C22H26N4O3S/c1-28-18-7-8-19-20(15-18)30-22(24-19)26-13-11-25(12-14-26)10-9-23-21(27)16-29-17-5-3-2-4-6-17/h2-8,15H,9-14,16H2,1H3,(H,23,27). The number of aromatic nitrogens is 1. The van der Waals surface area contributed by atoms with E-state index >= 15 is 0 Å². The monoisotopic (exact) mass is 426 g/mol. The van der Waals surface area contributed by atoms with Crippen LogP contribution in [0, 0.1) is 0 Å². The Bertz CT molecular complexity index is 971. The van der Waals surface area contributed by atoms with Crippen LogP contribution in [-0.4, -0.2) is 68.8 Å². The number of amides is 1. The molecule has 8 heteroatoms. The largest absolute Gasteiger partial charge is 0.497 e. The molecule has 1 N–H and O–H groups in total. The number of carbonyl (C=O) groups excluding carboxylic acids is 1. The number of rotatable bonds is 8. The van der Waals surface area contributed by atoms with E-state index in [0.29, 0.717) is 12.3 Å². The smallest absolute Gasteiger partial charge is 0.257 e. The molecule has 1 aliphatic heterocycles. The highest BCUT2D eigenvalue weighted by atomic mass is 32.1. The first-order valence-corrected chi connectivity index (χ1v) is 10.9. The van der Waals surface area contributed by atoms with Gasteiger partial charge in [-0.05, 0) is 30.3 Å². The highest BCUT2D eigenvalue weighted by Crippen LogP contribution is 2.31. The minimum absolute atomic E-state index is 0.0418. The minimum atomic E-state index is -0.0950. The number of nitrogens with one attached hydrogen (secondary N) is 1. The summed E-state index contributed by atoms with van der Waals surface area (Å²) in [6.07, 6.45) is 0. The molecule has 1 aromatic heterocycles. The first kappa shape index (κ1) is 20.4. The van der Waals surface area contributed by atoms with Gasteiger partial charge in [0, 0.05) is 39.3 Å². The number of anilines is 1. The van der Waals surface area contributed by atoms with E-state index < -0.39 is 0 Å². The predicted molar refractivity (Wildman–Crippen MR) is 120 cm³/mol. The van der Waals surface area contributed by atoms with E-state index in [2.05, 4.69) is 15.1 Å². The summed E-state index contributed by atoms with van der Waals surface area (Å²) in [4.78, 5) is 21.4. The first-order valence-electron chi connectivity index (χ1n) is 10.1. The normalized spacial score (nSPS) is 14.6. The van der Waals surface area contributed by atoms with Crippen molar-refractivity contribution in [3.63, 3.8) is 0 Å². The van der Waals surface area contributed by atoms with Crippen LogP contribution in [0.3, 0.4) is 0 Å². The van der Waals surface area contributed by atoms with Gasteiger partial charge in [0.2, 0.25) is 0 Å². The summed E-state index contributed by atoms with van der Waals surface area (Å²) in [6, 6.07) is 15.4. The SMILES string of the molecule is COc1ccc2nc(N3CCN(CCNC(=O)COc4ccccc4)CC3)sc2c1. The lowest BCUT2D eigenvalue weighted by Gasteiger charge is -2.34. The number of nitrogens with zero attached hydrogens (tertiary/aromatic N) is 3. The number of fused-ring (bicyclic) bond motifs is 1. The van der Waals surface area contributed by atoms with Crippen molar-refractivity contribution in [2.24, 2.45) is 0 Å². The Labute approximate surface area is 180 Å². The number of ether oxygens (including phenoxy) is 2. The van der Waals surface area contributed by atoms with Crippen LogP contribution >= 0.6 is 11.3 Å². The number of hydrogen-bond acceptors (Lipinski definition) is 7. The lowest BCUT2D eigenvalue weighted by atomic mass is 10.3. The van der Waals surface area contributed by atoms with Gasteiger partial charge in [-0.2, -0.15) is 0 Å². The van der Waals surface area contributed by atoms with Gasteiger partial charge < -0.3 is 19.7 Å². The summed E-state index contributed by atoms with van der Waals surface area (Å²) in [6.45, 7) is 5.27. The Kier molecular flexibility index (Phi) is 6.66. The van der Waals surface area contributed by atoms with Crippen molar-refractivity contribution in [1.82, 2.24) is 15.2 Å². The number of methoxy groups -OCH3 is 1. The van der Waals surface area contributed by atoms with Crippen molar-refractivity contribution in [3.05, 3.63) is 48.5 Å². The van der Waals surface area contributed by atoms with E-state index in [9.17, 15) is 4.79 Å². The van der Waals surface area contributed by atoms with Crippen molar-refractivity contribution in [3.8, 4) is 11.5 Å². The molecule has 0 spiro atoms. The molecule has 0 aliphatic carbocycles. The molecule has 0 radical (unpaired) electrons. The average molecular weight is 427 g/mol. The van der Waals surface area contributed by atoms with Gasteiger partial charge in [0.05, 0.1) is 17.3 Å². The summed E-state index contributed by atoms with van der Waals surface area (Å²) in [7, 11) is 1.68. The van der Waals surface area contributed by atoms with Crippen LogP contribution in [0.5, 0.6) is 11.5 Å². The summed E-state index contributed by atoms with van der Waals surface area (Å²) in [5, 5.41) is 3.99. The summed E-state index contributed by atoms with van der Waals surface area (Å²) in [5.74, 6) is 1.47. The quantitative estimate of drug-likeness (QED) is 0.597. The predicted octanol–water partition coefficient (Wildman–Crippen LogP) is 2.62. The van der Waals surface area contributed by atoms with Crippen molar-refractivity contribution < 1.29 is 14.3 Å². The molecule has 158 valence electrons. The molecule has 2 heterocycles. The number of para-hydroxylation sites is 1. The molecule has 30 heavy (non-hydrogen) atoms. The van der Waals surface area contributed by atoms with Crippen LogP contribution < -0.4 is 19.7 Å². The van der Waals surface area contributed by atoms with Crippen molar-refractivity contribution in [2.45, 2.75) is 0 Å². The molecule has 0 atom stereocenters. The molecular weight excluding hydrogens is 400 g/mol. The Hall–Kier alpha value is -2.84. The van der Waals surface area contributed by atoms with Gasteiger partial charge in [-0.25, -0.2) is 4.98 Å².